The molecule has 1 N–H and O–H groups in total. The van der Waals surface area contributed by atoms with Crippen LogP contribution in [-0.4, -0.2) is 18.1 Å². The minimum absolute atomic E-state index is 0.495. The summed E-state index contributed by atoms with van der Waals surface area (Å²) in [7, 11) is 1.54. The van der Waals surface area contributed by atoms with E-state index in [1.54, 1.807) is 18.2 Å². The number of halogens is 1. The van der Waals surface area contributed by atoms with Gasteiger partial charge in [-0.25, -0.2) is 0 Å². The van der Waals surface area contributed by atoms with Gasteiger partial charge >= 0.3 is 5.91 Å². The summed E-state index contributed by atoms with van der Waals surface area (Å²) >= 11 is 6.65. The Kier molecular flexibility index (Phi) is 4.16. The van der Waals surface area contributed by atoms with E-state index in [9.17, 15) is 9.59 Å². The first-order chi connectivity index (χ1) is 7.04. The molecule has 1 rings (SSSR count). The lowest BCUT2D eigenvalue weighted by molar-refractivity contribution is -0.129. The Bertz CT molecular complexity index is 408. The zero-order valence-electron chi connectivity index (χ0n) is 7.78. The second-order valence-corrected chi connectivity index (χ2v) is 3.87. The van der Waals surface area contributed by atoms with Crippen molar-refractivity contribution in [3.8, 4) is 5.75 Å². The molecule has 4 nitrogen and oxygen atoms in total. The highest BCUT2D eigenvalue weighted by atomic mass is 79.9. The SMILES string of the molecule is COc1ccc(NC(=O)C(=O)S)cc1Br. The molecule has 1 amide bonds. The molecule has 0 aliphatic carbocycles. The normalized spacial score (nSPS) is 9.53. The van der Waals surface area contributed by atoms with Crippen LogP contribution in [0.5, 0.6) is 5.75 Å². The van der Waals surface area contributed by atoms with E-state index in [0.717, 1.165) is 0 Å². The predicted molar refractivity (Wildman–Crippen MR) is 63.3 cm³/mol. The molecule has 0 spiro atoms. The summed E-state index contributed by atoms with van der Waals surface area (Å²) in [4.78, 5) is 21.6. The molecule has 80 valence electrons. The molecule has 1 aromatic carbocycles. The minimum Gasteiger partial charge on any atom is -0.496 e. The third-order valence-corrected chi connectivity index (χ3v) is 2.43. The molecule has 0 saturated carbocycles. The van der Waals surface area contributed by atoms with E-state index in [1.165, 1.54) is 7.11 Å². The van der Waals surface area contributed by atoms with Gasteiger partial charge in [-0.2, -0.15) is 0 Å². The van der Waals surface area contributed by atoms with Crippen molar-refractivity contribution in [2.45, 2.75) is 0 Å². The topological polar surface area (TPSA) is 55.4 Å². The van der Waals surface area contributed by atoms with Crippen LogP contribution in [0.25, 0.3) is 0 Å². The Balaban J connectivity index is 2.84. The van der Waals surface area contributed by atoms with E-state index in [0.29, 0.717) is 15.9 Å². The van der Waals surface area contributed by atoms with E-state index in [2.05, 4.69) is 33.9 Å². The molecule has 0 aliphatic heterocycles. The first-order valence-electron chi connectivity index (χ1n) is 3.92. The summed E-state index contributed by atoms with van der Waals surface area (Å²) in [6, 6.07) is 4.92. The van der Waals surface area contributed by atoms with Gasteiger partial charge in [0.1, 0.15) is 5.75 Å². The zero-order chi connectivity index (χ0) is 11.4. The van der Waals surface area contributed by atoms with Crippen LogP contribution in [-0.2, 0) is 9.59 Å². The third kappa shape index (κ3) is 3.24. The molecule has 6 heteroatoms. The maximum absolute atomic E-state index is 11.0. The Labute approximate surface area is 101 Å². The third-order valence-electron chi connectivity index (χ3n) is 1.60. The van der Waals surface area contributed by atoms with Crippen LogP contribution in [0.15, 0.2) is 22.7 Å². The number of ether oxygens (including phenoxy) is 1. The number of nitrogens with one attached hydrogen (secondary N) is 1. The van der Waals surface area contributed by atoms with Gasteiger partial charge in [0, 0.05) is 5.69 Å². The highest BCUT2D eigenvalue weighted by molar-refractivity contribution is 9.10. The number of amides is 1. The average Bonchev–Trinajstić information content (AvgIpc) is 2.18. The van der Waals surface area contributed by atoms with E-state index in [1.807, 2.05) is 0 Å². The zero-order valence-corrected chi connectivity index (χ0v) is 10.3. The van der Waals surface area contributed by atoms with Crippen molar-refractivity contribution < 1.29 is 14.3 Å². The Morgan fingerprint density at radius 3 is 2.60 bits per heavy atom. The lowest BCUT2D eigenvalue weighted by Gasteiger charge is -2.06. The van der Waals surface area contributed by atoms with Crippen molar-refractivity contribution in [2.24, 2.45) is 0 Å². The standard InChI is InChI=1S/C9H8BrNO3S/c1-14-7-3-2-5(4-6(7)10)11-8(12)9(13)15/h2-4H,1H3,(H,11,12)(H,13,15). The van der Waals surface area contributed by atoms with Crippen molar-refractivity contribution >= 4 is 45.3 Å². The van der Waals surface area contributed by atoms with Crippen LogP contribution < -0.4 is 10.1 Å². The fraction of sp³-hybridized carbons (Fsp3) is 0.111. The molecular formula is C9H8BrNO3S. The number of thiol groups is 1. The summed E-state index contributed by atoms with van der Waals surface area (Å²) < 4.78 is 5.70. The van der Waals surface area contributed by atoms with Gasteiger partial charge in [0.25, 0.3) is 5.12 Å². The summed E-state index contributed by atoms with van der Waals surface area (Å²) in [6.07, 6.45) is 0. The quantitative estimate of drug-likeness (QED) is 0.660. The highest BCUT2D eigenvalue weighted by Gasteiger charge is 2.09. The lowest BCUT2D eigenvalue weighted by Crippen LogP contribution is -2.17. The van der Waals surface area contributed by atoms with Crippen LogP contribution >= 0.6 is 28.6 Å². The predicted octanol–water partition coefficient (Wildman–Crippen LogP) is 1.85. The van der Waals surface area contributed by atoms with Crippen LogP contribution in [0, 0.1) is 0 Å². The van der Waals surface area contributed by atoms with Gasteiger partial charge in [0.15, 0.2) is 0 Å². The molecule has 0 radical (unpaired) electrons. The van der Waals surface area contributed by atoms with Gasteiger partial charge in [-0.3, -0.25) is 9.59 Å². The first kappa shape index (κ1) is 12.1. The van der Waals surface area contributed by atoms with Crippen molar-refractivity contribution in [1.29, 1.82) is 0 Å². The smallest absolute Gasteiger partial charge is 0.302 e. The molecule has 0 saturated heterocycles. The van der Waals surface area contributed by atoms with Gasteiger partial charge < -0.3 is 10.1 Å². The van der Waals surface area contributed by atoms with E-state index in [-0.39, 0.29) is 0 Å². The Morgan fingerprint density at radius 1 is 1.47 bits per heavy atom. The van der Waals surface area contributed by atoms with Crippen molar-refractivity contribution in [3.63, 3.8) is 0 Å². The minimum atomic E-state index is -0.832. The fourth-order valence-electron chi connectivity index (χ4n) is 0.929. The Hall–Kier alpha value is -1.01. The summed E-state index contributed by atoms with van der Waals surface area (Å²) in [5.41, 5.74) is 0.495. The molecule has 0 heterocycles. The van der Waals surface area contributed by atoms with Crippen LogP contribution in [0.3, 0.4) is 0 Å². The van der Waals surface area contributed by atoms with Crippen molar-refractivity contribution in [1.82, 2.24) is 0 Å². The number of rotatable bonds is 3. The fourth-order valence-corrected chi connectivity index (χ4v) is 1.53. The number of methoxy groups -OCH3 is 1. The molecular weight excluding hydrogens is 282 g/mol. The molecule has 0 atom stereocenters. The second kappa shape index (κ2) is 5.18. The molecule has 0 aromatic heterocycles. The molecule has 0 unspecified atom stereocenters. The van der Waals surface area contributed by atoms with E-state index < -0.39 is 11.0 Å². The van der Waals surface area contributed by atoms with Gasteiger partial charge in [-0.15, -0.1) is 0 Å². The van der Waals surface area contributed by atoms with Gasteiger partial charge in [0.05, 0.1) is 11.6 Å². The van der Waals surface area contributed by atoms with Crippen LogP contribution in [0.4, 0.5) is 5.69 Å². The summed E-state index contributed by atoms with van der Waals surface area (Å²) in [5.74, 6) is -0.124. The number of carbonyl (C=O) groups excluding carboxylic acids is 2. The lowest BCUT2D eigenvalue weighted by atomic mass is 10.3. The number of carbonyl (C=O) groups is 2. The summed E-state index contributed by atoms with van der Waals surface area (Å²) in [6.45, 7) is 0. The molecule has 15 heavy (non-hydrogen) atoms. The largest absolute Gasteiger partial charge is 0.496 e. The van der Waals surface area contributed by atoms with Crippen molar-refractivity contribution in [3.05, 3.63) is 22.7 Å². The highest BCUT2D eigenvalue weighted by Crippen LogP contribution is 2.27. The first-order valence-corrected chi connectivity index (χ1v) is 5.16. The van der Waals surface area contributed by atoms with Gasteiger partial charge in [-0.05, 0) is 34.1 Å². The van der Waals surface area contributed by atoms with E-state index >= 15 is 0 Å². The average molecular weight is 290 g/mol. The number of benzene rings is 1. The second-order valence-electron chi connectivity index (χ2n) is 2.61. The van der Waals surface area contributed by atoms with Crippen LogP contribution in [0.1, 0.15) is 0 Å². The number of hydrogen-bond donors (Lipinski definition) is 2. The molecule has 0 bridgehead atoms. The molecule has 0 aliphatic rings. The number of hydrogen-bond acceptors (Lipinski definition) is 3. The molecule has 1 aromatic rings. The van der Waals surface area contributed by atoms with Crippen molar-refractivity contribution in [2.75, 3.05) is 12.4 Å². The number of anilines is 1. The maximum atomic E-state index is 11.0. The van der Waals surface area contributed by atoms with Gasteiger partial charge in [0.2, 0.25) is 0 Å². The monoisotopic (exact) mass is 289 g/mol. The Morgan fingerprint density at radius 2 is 2.13 bits per heavy atom. The summed E-state index contributed by atoms with van der Waals surface area (Å²) in [5, 5.41) is 1.55. The van der Waals surface area contributed by atoms with Gasteiger partial charge in [-0.1, -0.05) is 12.6 Å². The molecule has 0 fully saturated rings. The van der Waals surface area contributed by atoms with E-state index in [4.69, 9.17) is 4.74 Å². The maximum Gasteiger partial charge on any atom is 0.302 e. The van der Waals surface area contributed by atoms with Crippen LogP contribution in [0.2, 0.25) is 0 Å².